The van der Waals surface area contributed by atoms with Crippen LogP contribution < -0.4 is 10.2 Å². The minimum atomic E-state index is -0.480. The summed E-state index contributed by atoms with van der Waals surface area (Å²) in [4.78, 5) is 36.4. The predicted molar refractivity (Wildman–Crippen MR) is 116 cm³/mol. The highest BCUT2D eigenvalue weighted by Gasteiger charge is 2.13. The number of rotatable bonds is 6. The lowest BCUT2D eigenvalue weighted by Crippen LogP contribution is -2.26. The standard InChI is InChI=1S/C23H19N3O4/c1-25(20-5-3-2-4-6-20)23(28)18-10-12-19(13-11-18)24-22(27)16-9-17-7-14-21(15-8-17)26(29)30/h2-16H,1H3,(H,24,27)/b16-9+. The second-order valence-corrected chi connectivity index (χ2v) is 6.45. The van der Waals surface area contributed by atoms with Crippen LogP contribution in [0.4, 0.5) is 17.1 Å². The molecule has 0 atom stereocenters. The largest absolute Gasteiger partial charge is 0.323 e. The molecule has 0 spiro atoms. The van der Waals surface area contributed by atoms with E-state index < -0.39 is 4.92 Å². The van der Waals surface area contributed by atoms with Gasteiger partial charge in [0.1, 0.15) is 0 Å². The third kappa shape index (κ3) is 5.17. The van der Waals surface area contributed by atoms with Crippen molar-refractivity contribution in [3.63, 3.8) is 0 Å². The summed E-state index contributed by atoms with van der Waals surface area (Å²) >= 11 is 0. The molecule has 1 N–H and O–H groups in total. The zero-order valence-electron chi connectivity index (χ0n) is 16.2. The number of nitro benzene ring substituents is 1. The van der Waals surface area contributed by atoms with Crippen LogP contribution >= 0.6 is 0 Å². The third-order valence-corrected chi connectivity index (χ3v) is 4.38. The summed E-state index contributed by atoms with van der Waals surface area (Å²) in [6.45, 7) is 0. The van der Waals surface area contributed by atoms with Crippen LogP contribution in [0.3, 0.4) is 0 Å². The van der Waals surface area contributed by atoms with Crippen LogP contribution in [0.5, 0.6) is 0 Å². The van der Waals surface area contributed by atoms with Gasteiger partial charge >= 0.3 is 0 Å². The number of nitrogens with one attached hydrogen (secondary N) is 1. The minimum Gasteiger partial charge on any atom is -0.323 e. The summed E-state index contributed by atoms with van der Waals surface area (Å²) in [6, 6.07) is 21.8. The molecule has 30 heavy (non-hydrogen) atoms. The summed E-state index contributed by atoms with van der Waals surface area (Å²) in [5.74, 6) is -0.508. The summed E-state index contributed by atoms with van der Waals surface area (Å²) in [6.07, 6.45) is 2.90. The van der Waals surface area contributed by atoms with Gasteiger partial charge in [-0.25, -0.2) is 0 Å². The van der Waals surface area contributed by atoms with Crippen LogP contribution in [-0.2, 0) is 4.79 Å². The van der Waals surface area contributed by atoms with Gasteiger partial charge < -0.3 is 10.2 Å². The highest BCUT2D eigenvalue weighted by molar-refractivity contribution is 6.06. The first-order valence-electron chi connectivity index (χ1n) is 9.11. The first-order valence-corrected chi connectivity index (χ1v) is 9.11. The summed E-state index contributed by atoms with van der Waals surface area (Å²) < 4.78 is 0. The molecule has 3 aromatic rings. The lowest BCUT2D eigenvalue weighted by atomic mass is 10.1. The SMILES string of the molecule is CN(C(=O)c1ccc(NC(=O)/C=C/c2ccc([N+](=O)[O-])cc2)cc1)c1ccccc1. The topological polar surface area (TPSA) is 92.6 Å². The van der Waals surface area contributed by atoms with Crippen LogP contribution in [0.1, 0.15) is 15.9 Å². The van der Waals surface area contributed by atoms with E-state index in [9.17, 15) is 19.7 Å². The first kappa shape index (κ1) is 20.5. The second kappa shape index (κ2) is 9.29. The van der Waals surface area contributed by atoms with E-state index >= 15 is 0 Å². The van der Waals surface area contributed by atoms with E-state index in [1.807, 2.05) is 30.3 Å². The zero-order chi connectivity index (χ0) is 21.5. The number of anilines is 2. The summed E-state index contributed by atoms with van der Waals surface area (Å²) in [5, 5.41) is 13.4. The highest BCUT2D eigenvalue weighted by atomic mass is 16.6. The molecule has 150 valence electrons. The van der Waals surface area contributed by atoms with Gasteiger partial charge in [0.25, 0.3) is 11.6 Å². The molecule has 0 heterocycles. The number of para-hydroxylation sites is 1. The molecule has 0 aliphatic rings. The van der Waals surface area contributed by atoms with E-state index in [1.165, 1.54) is 18.2 Å². The Labute approximate surface area is 173 Å². The average molecular weight is 401 g/mol. The highest BCUT2D eigenvalue weighted by Crippen LogP contribution is 2.17. The fraction of sp³-hybridized carbons (Fsp3) is 0.0435. The molecule has 0 aliphatic carbocycles. The van der Waals surface area contributed by atoms with Crippen molar-refractivity contribution in [1.29, 1.82) is 0 Å². The first-order chi connectivity index (χ1) is 14.4. The van der Waals surface area contributed by atoms with Crippen molar-refractivity contribution in [1.82, 2.24) is 0 Å². The lowest BCUT2D eigenvalue weighted by molar-refractivity contribution is -0.384. The quantitative estimate of drug-likeness (QED) is 0.373. The predicted octanol–water partition coefficient (Wildman–Crippen LogP) is 4.52. The smallest absolute Gasteiger partial charge is 0.269 e. The molecule has 0 aliphatic heterocycles. The monoisotopic (exact) mass is 401 g/mol. The Hall–Kier alpha value is -4.26. The van der Waals surface area contributed by atoms with Gasteiger partial charge in [-0.2, -0.15) is 0 Å². The van der Waals surface area contributed by atoms with Gasteiger partial charge in [0.15, 0.2) is 0 Å². The molecule has 0 unspecified atom stereocenters. The molecule has 0 saturated heterocycles. The Balaban J connectivity index is 1.60. The molecule has 0 bridgehead atoms. The Kier molecular flexibility index (Phi) is 6.34. The minimum absolute atomic E-state index is 0.0100. The van der Waals surface area contributed by atoms with Gasteiger partial charge in [0.05, 0.1) is 4.92 Å². The maximum absolute atomic E-state index is 12.6. The number of benzene rings is 3. The van der Waals surface area contributed by atoms with Crippen LogP contribution in [0.2, 0.25) is 0 Å². The van der Waals surface area contributed by atoms with E-state index in [-0.39, 0.29) is 17.5 Å². The van der Waals surface area contributed by atoms with Crippen molar-refractivity contribution in [2.75, 3.05) is 17.3 Å². The number of hydrogen-bond donors (Lipinski definition) is 1. The molecule has 7 nitrogen and oxygen atoms in total. The molecule has 3 aromatic carbocycles. The Morgan fingerprint density at radius 2 is 1.57 bits per heavy atom. The Morgan fingerprint density at radius 1 is 0.933 bits per heavy atom. The van der Waals surface area contributed by atoms with E-state index in [2.05, 4.69) is 5.32 Å². The maximum Gasteiger partial charge on any atom is 0.269 e. The number of carbonyl (C=O) groups is 2. The molecule has 3 rings (SSSR count). The molecule has 0 aromatic heterocycles. The number of hydrogen-bond acceptors (Lipinski definition) is 4. The van der Waals surface area contributed by atoms with Crippen LogP contribution in [-0.4, -0.2) is 23.8 Å². The van der Waals surface area contributed by atoms with E-state index in [0.29, 0.717) is 16.8 Å². The molecular formula is C23H19N3O4. The van der Waals surface area contributed by atoms with Crippen molar-refractivity contribution in [3.05, 3.63) is 106 Å². The second-order valence-electron chi connectivity index (χ2n) is 6.45. The van der Waals surface area contributed by atoms with Gasteiger partial charge in [-0.15, -0.1) is 0 Å². The Bertz CT molecular complexity index is 1080. The van der Waals surface area contributed by atoms with Crippen LogP contribution in [0.25, 0.3) is 6.08 Å². The molecular weight excluding hydrogens is 382 g/mol. The van der Waals surface area contributed by atoms with Gasteiger partial charge in [0, 0.05) is 42.2 Å². The fourth-order valence-corrected chi connectivity index (χ4v) is 2.72. The zero-order valence-corrected chi connectivity index (χ0v) is 16.2. The fourth-order valence-electron chi connectivity index (χ4n) is 2.72. The number of non-ortho nitro benzene ring substituents is 1. The summed E-state index contributed by atoms with van der Waals surface area (Å²) in [5.41, 5.74) is 2.49. The summed E-state index contributed by atoms with van der Waals surface area (Å²) in [7, 11) is 1.70. The van der Waals surface area contributed by atoms with Crippen molar-refractivity contribution in [2.45, 2.75) is 0 Å². The van der Waals surface area contributed by atoms with Crippen molar-refractivity contribution < 1.29 is 14.5 Å². The van der Waals surface area contributed by atoms with Crippen molar-refractivity contribution in [3.8, 4) is 0 Å². The molecule has 0 saturated carbocycles. The lowest BCUT2D eigenvalue weighted by Gasteiger charge is -2.17. The number of carbonyl (C=O) groups excluding carboxylic acids is 2. The van der Waals surface area contributed by atoms with E-state index in [4.69, 9.17) is 0 Å². The average Bonchev–Trinajstić information content (AvgIpc) is 2.78. The number of nitro groups is 1. The van der Waals surface area contributed by atoms with Crippen LogP contribution in [0.15, 0.2) is 84.9 Å². The van der Waals surface area contributed by atoms with Crippen molar-refractivity contribution >= 4 is 35.0 Å². The van der Waals surface area contributed by atoms with Gasteiger partial charge in [-0.05, 0) is 60.2 Å². The normalized spacial score (nSPS) is 10.6. The Morgan fingerprint density at radius 3 is 2.17 bits per heavy atom. The molecule has 2 amide bonds. The number of amides is 2. The molecule has 7 heteroatoms. The van der Waals surface area contributed by atoms with E-state index in [0.717, 1.165) is 5.69 Å². The number of nitrogens with zero attached hydrogens (tertiary/aromatic N) is 2. The molecule has 0 radical (unpaired) electrons. The van der Waals surface area contributed by atoms with Gasteiger partial charge in [0.2, 0.25) is 5.91 Å². The maximum atomic E-state index is 12.6. The molecule has 0 fully saturated rings. The van der Waals surface area contributed by atoms with E-state index in [1.54, 1.807) is 54.4 Å². The van der Waals surface area contributed by atoms with Crippen molar-refractivity contribution in [2.24, 2.45) is 0 Å². The third-order valence-electron chi connectivity index (χ3n) is 4.38. The van der Waals surface area contributed by atoms with Crippen LogP contribution in [0, 0.1) is 10.1 Å². The van der Waals surface area contributed by atoms with Gasteiger partial charge in [-0.3, -0.25) is 19.7 Å². The van der Waals surface area contributed by atoms with Gasteiger partial charge in [-0.1, -0.05) is 18.2 Å².